The van der Waals surface area contributed by atoms with Crippen molar-refractivity contribution in [3.8, 4) is 128 Å². The molecule has 3 nitrogen and oxygen atoms in total. The zero-order valence-electron chi connectivity index (χ0n) is 72.0. The molecular weight excluding hydrogens is 1740 g/mol. The molecule has 7 heterocycles. The largest absolute Gasteiger partial charge is 0.456 e. The Labute approximate surface area is 814 Å². The summed E-state index contributed by atoms with van der Waals surface area (Å²) in [7, 11) is 0. The van der Waals surface area contributed by atoms with Crippen LogP contribution in [0.4, 0.5) is 0 Å². The first-order valence-corrected chi connectivity index (χ1v) is 48.2. The second-order valence-electron chi connectivity index (χ2n) is 33.3. The number of thiophene rings is 4. The third kappa shape index (κ3) is 16.4. The van der Waals surface area contributed by atoms with Crippen LogP contribution in [0.15, 0.2) is 499 Å². The van der Waals surface area contributed by atoms with E-state index < -0.39 is 0 Å². The van der Waals surface area contributed by atoms with E-state index in [1.165, 1.54) is 182 Å². The molecule has 0 amide bonds. The van der Waals surface area contributed by atoms with Gasteiger partial charge in [-0.25, -0.2) is 0 Å². The summed E-state index contributed by atoms with van der Waals surface area (Å²) in [6.45, 7) is 0. The number of furan rings is 3. The van der Waals surface area contributed by atoms with Gasteiger partial charge in [0.2, 0.25) is 0 Å². The van der Waals surface area contributed by atoms with Gasteiger partial charge in [0, 0.05) is 142 Å². The minimum atomic E-state index is 0. The number of fused-ring (bicyclic) bond motifs is 14. The molecule has 27 rings (SSSR count). The maximum absolute atomic E-state index is 6.39. The van der Waals surface area contributed by atoms with Crippen LogP contribution in [-0.4, -0.2) is 0 Å². The summed E-state index contributed by atoms with van der Waals surface area (Å²) in [5, 5.41) is 19.9. The monoisotopic (exact) mass is 1830 g/mol. The maximum Gasteiger partial charge on any atom is 0.143 e. The third-order valence-electron chi connectivity index (χ3n) is 25.5. The van der Waals surface area contributed by atoms with E-state index in [1.54, 1.807) is 0 Å². The van der Waals surface area contributed by atoms with Gasteiger partial charge in [0.05, 0.1) is 0 Å². The van der Waals surface area contributed by atoms with Crippen molar-refractivity contribution in [3.05, 3.63) is 485 Å². The van der Waals surface area contributed by atoms with E-state index in [0.29, 0.717) is 0 Å². The summed E-state index contributed by atoms with van der Waals surface area (Å²) in [6.07, 6.45) is 0. The average molecular weight is 1830 g/mol. The van der Waals surface area contributed by atoms with Crippen molar-refractivity contribution >= 4 is 165 Å². The molecule has 0 aliphatic carbocycles. The molecule has 0 aliphatic heterocycles. The molecule has 0 unspecified atom stereocenters. The first-order chi connectivity index (χ1) is 66.0. The molecule has 7 heteroatoms. The van der Waals surface area contributed by atoms with Crippen molar-refractivity contribution in [3.63, 3.8) is 0 Å². The Morgan fingerprint density at radius 3 is 0.832 bits per heavy atom. The Morgan fingerprint density at radius 2 is 0.387 bits per heavy atom. The Balaban J connectivity index is 0.000000112. The summed E-state index contributed by atoms with van der Waals surface area (Å²) < 4.78 is 18.8. The van der Waals surface area contributed by atoms with Gasteiger partial charge in [0.15, 0.2) is 0 Å². The molecule has 0 fully saturated rings. The number of hydrogen-bond donors (Lipinski definition) is 0. The van der Waals surface area contributed by atoms with Gasteiger partial charge in [-0.15, -0.1) is 45.3 Å². The molecule has 0 atom stereocenters. The maximum atomic E-state index is 6.39. The molecule has 27 aromatic rings. The molecule has 0 aliphatic rings. The van der Waals surface area contributed by atoms with E-state index in [-0.39, 0.29) is 29.7 Å². The van der Waals surface area contributed by atoms with Crippen LogP contribution < -0.4 is 0 Å². The normalized spacial score (nSPS) is 11.1. The Hall–Kier alpha value is -16.1. The molecule has 20 aromatic carbocycles. The van der Waals surface area contributed by atoms with Crippen LogP contribution in [0, 0.1) is 0 Å². The van der Waals surface area contributed by atoms with Crippen molar-refractivity contribution in [1.29, 1.82) is 0 Å². The number of hydrogen-bond acceptors (Lipinski definition) is 7. The molecular formula is C130H96O3S4. The molecule has 0 spiro atoms. The fourth-order valence-electron chi connectivity index (χ4n) is 19.4. The summed E-state index contributed by atoms with van der Waals surface area (Å²) in [5.41, 5.74) is 25.4. The molecule has 658 valence electrons. The van der Waals surface area contributed by atoms with E-state index in [4.69, 9.17) is 13.3 Å². The zero-order valence-corrected chi connectivity index (χ0v) is 75.3. The van der Waals surface area contributed by atoms with Crippen molar-refractivity contribution < 1.29 is 13.3 Å². The molecule has 7 aromatic heterocycles. The van der Waals surface area contributed by atoms with Crippen LogP contribution in [0.5, 0.6) is 0 Å². The standard InChI is InChI=1S/3C32H20OS.C30H20S.4CH4/c1-2-11-21(12-3-1)31-27-16-6-7-17-28(27)32(34-31)26-15-5-4-13-22(26)24-18-10-19-25-23-14-8-9-20-29(23)33-30(24)25;1-2-11-21(12-3-1)31-25-15-6-7-16-26(25)32(34-31)24-14-5-4-13-22(24)23-18-10-20-29-30(23)27-17-8-9-19-28(27)33-29;1-2-10-21(11-3-1)31-27-15-6-7-16-28(27)32(34-31)26-14-5-4-12-23(26)22-18-19-25-24-13-8-9-17-29(24)33-30(25)20-22;1-2-12-22(13-3-1)29-27-18-8-9-19-28(27)30(31-29)26-17-7-6-16-25(26)24-20-10-14-21-11-4-5-15-23(21)24;;;;/h3*1-20H;1-20H;4*1H4. The summed E-state index contributed by atoms with van der Waals surface area (Å²) in [5.74, 6) is 0. The lowest BCUT2D eigenvalue weighted by Crippen LogP contribution is -1.85. The number of benzene rings is 20. The highest BCUT2D eigenvalue weighted by molar-refractivity contribution is 7.22. The van der Waals surface area contributed by atoms with Gasteiger partial charge in [-0.2, -0.15) is 0 Å². The van der Waals surface area contributed by atoms with E-state index >= 15 is 0 Å². The van der Waals surface area contributed by atoms with Crippen molar-refractivity contribution in [2.75, 3.05) is 0 Å². The van der Waals surface area contributed by atoms with Gasteiger partial charge < -0.3 is 13.3 Å². The van der Waals surface area contributed by atoms with Gasteiger partial charge in [0.25, 0.3) is 0 Å². The molecule has 0 N–H and O–H groups in total. The molecule has 0 saturated carbocycles. The van der Waals surface area contributed by atoms with Crippen LogP contribution in [0.1, 0.15) is 29.7 Å². The highest BCUT2D eigenvalue weighted by atomic mass is 32.1. The minimum Gasteiger partial charge on any atom is -0.456 e. The van der Waals surface area contributed by atoms with Gasteiger partial charge in [-0.3, -0.25) is 0 Å². The van der Waals surface area contributed by atoms with Gasteiger partial charge in [-0.1, -0.05) is 479 Å². The van der Waals surface area contributed by atoms with E-state index in [0.717, 1.165) is 66.0 Å². The van der Waals surface area contributed by atoms with Crippen LogP contribution in [-0.2, 0) is 0 Å². The summed E-state index contributed by atoms with van der Waals surface area (Å²) >= 11 is 7.51. The van der Waals surface area contributed by atoms with Crippen LogP contribution in [0.25, 0.3) is 248 Å². The van der Waals surface area contributed by atoms with Crippen molar-refractivity contribution in [2.24, 2.45) is 0 Å². The van der Waals surface area contributed by atoms with Crippen molar-refractivity contribution in [2.45, 2.75) is 29.7 Å². The number of rotatable bonds is 12. The second-order valence-corrected chi connectivity index (χ2v) is 37.3. The highest BCUT2D eigenvalue weighted by Crippen LogP contribution is 2.54. The number of para-hydroxylation sites is 4. The van der Waals surface area contributed by atoms with Gasteiger partial charge >= 0.3 is 0 Å². The van der Waals surface area contributed by atoms with E-state index in [2.05, 4.69) is 449 Å². The van der Waals surface area contributed by atoms with Gasteiger partial charge in [-0.05, 0) is 108 Å². The Morgan fingerprint density at radius 1 is 0.131 bits per heavy atom. The molecule has 0 saturated heterocycles. The van der Waals surface area contributed by atoms with Crippen LogP contribution >= 0.6 is 45.3 Å². The topological polar surface area (TPSA) is 39.4 Å². The molecule has 0 bridgehead atoms. The lowest BCUT2D eigenvalue weighted by Gasteiger charge is -2.12. The summed E-state index contributed by atoms with van der Waals surface area (Å²) in [6, 6.07) is 172. The lowest BCUT2D eigenvalue weighted by molar-refractivity contribution is 0.668. The second kappa shape index (κ2) is 38.8. The molecule has 137 heavy (non-hydrogen) atoms. The fraction of sp³-hybridized carbons (Fsp3) is 0.0308. The first kappa shape index (κ1) is 88.8. The minimum absolute atomic E-state index is 0. The van der Waals surface area contributed by atoms with Crippen molar-refractivity contribution in [1.82, 2.24) is 0 Å². The van der Waals surface area contributed by atoms with E-state index in [9.17, 15) is 0 Å². The lowest BCUT2D eigenvalue weighted by atomic mass is 9.93. The summed E-state index contributed by atoms with van der Waals surface area (Å²) in [4.78, 5) is 10.5. The quantitative estimate of drug-likeness (QED) is 0.122. The Kier molecular flexibility index (Phi) is 25.2. The first-order valence-electron chi connectivity index (χ1n) is 44.9. The van der Waals surface area contributed by atoms with E-state index in [1.807, 2.05) is 81.7 Å². The fourth-order valence-corrected chi connectivity index (χ4v) is 24.7. The van der Waals surface area contributed by atoms with Gasteiger partial charge in [0.1, 0.15) is 33.5 Å². The average Bonchev–Trinajstić information content (AvgIpc) is 1.62. The van der Waals surface area contributed by atoms with Crippen LogP contribution in [0.2, 0.25) is 0 Å². The Bertz CT molecular complexity index is 9020. The smallest absolute Gasteiger partial charge is 0.143 e. The zero-order chi connectivity index (χ0) is 88.1. The highest BCUT2D eigenvalue weighted by Gasteiger charge is 2.26. The third-order valence-corrected chi connectivity index (χ3v) is 30.7. The van der Waals surface area contributed by atoms with Crippen LogP contribution in [0.3, 0.4) is 0 Å². The predicted molar refractivity (Wildman–Crippen MR) is 599 cm³/mol. The molecule has 0 radical (unpaired) electrons. The predicted octanol–water partition coefficient (Wildman–Crippen LogP) is 41.0. The SMILES string of the molecule is C.C.C.C.c1ccc(-c2sc(-c3ccccc3-c3ccc4c(c3)oc3ccccc34)c3ccccc23)cc1.c1ccc(-c2sc(-c3ccccc3-c3cccc4c3oc3ccccc34)c3ccccc23)cc1.c1ccc(-c2sc(-c3ccccc3-c3cccc4ccccc34)c3ccccc23)cc1.c1ccc(-c2sc(-c3ccccc3-c3cccc4oc5ccccc5c34)c3ccccc23)cc1.